The number of benzene rings is 2. The molecule has 7 nitrogen and oxygen atoms in total. The summed E-state index contributed by atoms with van der Waals surface area (Å²) in [5, 5.41) is 0.892. The first-order valence-electron chi connectivity index (χ1n) is 11.4. The third-order valence-corrected chi connectivity index (χ3v) is 9.10. The molecule has 2 aromatic carbocycles. The summed E-state index contributed by atoms with van der Waals surface area (Å²) < 4.78 is 41.2. The lowest BCUT2D eigenvalue weighted by atomic mass is 10.2. The summed E-state index contributed by atoms with van der Waals surface area (Å²) in [5.41, 5.74) is 4.12. The van der Waals surface area contributed by atoms with Gasteiger partial charge in [-0.05, 0) is 43.5 Å². The molecule has 2 saturated heterocycles. The Labute approximate surface area is 199 Å². The van der Waals surface area contributed by atoms with E-state index in [4.69, 9.17) is 14.5 Å². The number of thioether (sulfide) groups is 1. The molecule has 0 unspecified atom stereocenters. The second kappa shape index (κ2) is 9.76. The first-order chi connectivity index (χ1) is 16.0. The van der Waals surface area contributed by atoms with Gasteiger partial charge in [-0.15, -0.1) is 0 Å². The van der Waals surface area contributed by atoms with Crippen molar-refractivity contribution in [3.8, 4) is 0 Å². The molecule has 3 heterocycles. The first kappa shape index (κ1) is 22.9. The Morgan fingerprint density at radius 1 is 1.12 bits per heavy atom. The van der Waals surface area contributed by atoms with Crippen LogP contribution in [0.4, 0.5) is 0 Å². The summed E-state index contributed by atoms with van der Waals surface area (Å²) in [6.45, 7) is 5.23. The fraction of sp³-hybridized carbons (Fsp3) is 0.458. The van der Waals surface area contributed by atoms with E-state index in [1.165, 1.54) is 15.4 Å². The van der Waals surface area contributed by atoms with E-state index in [1.54, 1.807) is 23.9 Å². The van der Waals surface area contributed by atoms with Gasteiger partial charge >= 0.3 is 0 Å². The Balaban J connectivity index is 1.47. The second-order valence-electron chi connectivity index (χ2n) is 8.58. The Morgan fingerprint density at radius 3 is 2.73 bits per heavy atom. The zero-order valence-electron chi connectivity index (χ0n) is 18.8. The summed E-state index contributed by atoms with van der Waals surface area (Å²) >= 11 is 1.68. The minimum atomic E-state index is -3.57. The van der Waals surface area contributed by atoms with Crippen LogP contribution in [0.2, 0.25) is 0 Å². The van der Waals surface area contributed by atoms with Gasteiger partial charge in [0, 0.05) is 25.4 Å². The smallest absolute Gasteiger partial charge is 0.243 e. The van der Waals surface area contributed by atoms with Crippen LogP contribution in [-0.2, 0) is 31.8 Å². The maximum absolute atomic E-state index is 13.2. The van der Waals surface area contributed by atoms with Crippen LogP contribution in [0, 0.1) is 6.92 Å². The third-order valence-electron chi connectivity index (χ3n) is 6.15. The molecule has 33 heavy (non-hydrogen) atoms. The average molecular weight is 488 g/mol. The molecule has 2 aliphatic heterocycles. The number of sulfonamides is 1. The van der Waals surface area contributed by atoms with Crippen molar-refractivity contribution in [2.24, 2.45) is 0 Å². The molecule has 5 rings (SSSR count). The lowest BCUT2D eigenvalue weighted by Gasteiger charge is -2.26. The van der Waals surface area contributed by atoms with Gasteiger partial charge in [-0.1, -0.05) is 41.6 Å². The Bertz CT molecular complexity index is 1230. The van der Waals surface area contributed by atoms with Gasteiger partial charge in [-0.3, -0.25) is 0 Å². The van der Waals surface area contributed by atoms with Crippen LogP contribution in [0.1, 0.15) is 24.0 Å². The molecule has 176 valence electrons. The van der Waals surface area contributed by atoms with Crippen LogP contribution in [-0.4, -0.2) is 61.3 Å². The molecule has 2 fully saturated rings. The molecule has 0 bridgehead atoms. The number of ether oxygens (including phenoxy) is 2. The Morgan fingerprint density at radius 2 is 1.97 bits per heavy atom. The van der Waals surface area contributed by atoms with Crippen molar-refractivity contribution >= 4 is 32.8 Å². The lowest BCUT2D eigenvalue weighted by Crippen LogP contribution is -2.40. The van der Waals surface area contributed by atoms with Crippen LogP contribution >= 0.6 is 11.8 Å². The first-order valence-corrected chi connectivity index (χ1v) is 13.8. The third kappa shape index (κ3) is 4.97. The molecule has 0 spiro atoms. The summed E-state index contributed by atoms with van der Waals surface area (Å²) in [5.74, 6) is 0.801. The van der Waals surface area contributed by atoms with Crippen molar-refractivity contribution in [2.45, 2.75) is 48.2 Å². The number of hydrogen-bond donors (Lipinski definition) is 0. The van der Waals surface area contributed by atoms with Gasteiger partial charge in [0.15, 0.2) is 5.16 Å². The van der Waals surface area contributed by atoms with Gasteiger partial charge in [0.25, 0.3) is 0 Å². The summed E-state index contributed by atoms with van der Waals surface area (Å²) in [6, 6.07) is 13.8. The molecule has 0 aliphatic carbocycles. The standard InChI is InChI=1S/C24H29N3O4S2/c1-18-4-2-5-19(14-18)17-32-24-25-22-15-21(33(28,29)26-9-12-30-13-10-26)7-8-23(22)27(24)16-20-6-3-11-31-20/h2,4-5,7-8,14-15,20H,3,6,9-13,16-17H2,1H3/t20-/m0/s1. The molecule has 0 saturated carbocycles. The number of aryl methyl sites for hydroxylation is 1. The topological polar surface area (TPSA) is 73.7 Å². The quantitative estimate of drug-likeness (QED) is 0.472. The molecule has 2 aliphatic rings. The molecule has 1 atom stereocenters. The Kier molecular flexibility index (Phi) is 6.76. The highest BCUT2D eigenvalue weighted by Gasteiger charge is 2.27. The van der Waals surface area contributed by atoms with Crippen LogP contribution < -0.4 is 0 Å². The molecule has 1 aromatic heterocycles. The molecule has 0 radical (unpaired) electrons. The fourth-order valence-electron chi connectivity index (χ4n) is 4.41. The van der Waals surface area contributed by atoms with Crippen molar-refractivity contribution < 1.29 is 17.9 Å². The van der Waals surface area contributed by atoms with Crippen LogP contribution in [0.25, 0.3) is 11.0 Å². The normalized spacial score (nSPS) is 20.0. The van der Waals surface area contributed by atoms with Gasteiger partial charge in [0.05, 0.1) is 41.8 Å². The van der Waals surface area contributed by atoms with E-state index in [-0.39, 0.29) is 11.0 Å². The molecule has 3 aromatic rings. The van der Waals surface area contributed by atoms with Gasteiger partial charge in [0.2, 0.25) is 10.0 Å². The highest BCUT2D eigenvalue weighted by molar-refractivity contribution is 7.98. The largest absolute Gasteiger partial charge is 0.379 e. The maximum Gasteiger partial charge on any atom is 0.243 e. The fourth-order valence-corrected chi connectivity index (χ4v) is 6.81. The average Bonchev–Trinajstić information content (AvgIpc) is 3.46. The molecule has 9 heteroatoms. The number of nitrogens with zero attached hydrogens (tertiary/aromatic N) is 3. The molecular weight excluding hydrogens is 458 g/mol. The number of aromatic nitrogens is 2. The highest BCUT2D eigenvalue weighted by Crippen LogP contribution is 2.31. The summed E-state index contributed by atoms with van der Waals surface area (Å²) in [6.07, 6.45) is 2.27. The molecular formula is C24H29N3O4S2. The summed E-state index contributed by atoms with van der Waals surface area (Å²) in [4.78, 5) is 5.16. The maximum atomic E-state index is 13.2. The van der Waals surface area contributed by atoms with Gasteiger partial charge in [0.1, 0.15) is 0 Å². The second-order valence-corrected chi connectivity index (χ2v) is 11.5. The van der Waals surface area contributed by atoms with Crippen LogP contribution in [0.5, 0.6) is 0 Å². The van der Waals surface area contributed by atoms with E-state index in [1.807, 2.05) is 6.07 Å². The highest BCUT2D eigenvalue weighted by atomic mass is 32.2. The summed E-state index contributed by atoms with van der Waals surface area (Å²) in [7, 11) is -3.57. The Hall–Kier alpha value is -1.91. The van der Waals surface area contributed by atoms with E-state index in [9.17, 15) is 8.42 Å². The monoisotopic (exact) mass is 487 g/mol. The van der Waals surface area contributed by atoms with Crippen molar-refractivity contribution in [3.63, 3.8) is 0 Å². The predicted molar refractivity (Wildman–Crippen MR) is 129 cm³/mol. The zero-order valence-corrected chi connectivity index (χ0v) is 20.4. The van der Waals surface area contributed by atoms with Crippen LogP contribution in [0.15, 0.2) is 52.5 Å². The SMILES string of the molecule is Cc1cccc(CSc2nc3cc(S(=O)(=O)N4CCOCC4)ccc3n2C[C@@H]2CCCO2)c1. The number of imidazole rings is 1. The minimum Gasteiger partial charge on any atom is -0.379 e. The van der Waals surface area contributed by atoms with E-state index in [2.05, 4.69) is 35.8 Å². The minimum absolute atomic E-state index is 0.164. The van der Waals surface area contributed by atoms with Gasteiger partial charge in [-0.2, -0.15) is 4.31 Å². The predicted octanol–water partition coefficient (Wildman–Crippen LogP) is 3.84. The van der Waals surface area contributed by atoms with Gasteiger partial charge in [-0.25, -0.2) is 13.4 Å². The lowest BCUT2D eigenvalue weighted by molar-refractivity contribution is 0.0730. The number of fused-ring (bicyclic) bond motifs is 1. The number of hydrogen-bond acceptors (Lipinski definition) is 6. The van der Waals surface area contributed by atoms with E-state index in [0.717, 1.165) is 42.4 Å². The van der Waals surface area contributed by atoms with Gasteiger partial charge < -0.3 is 14.0 Å². The molecule has 0 N–H and O–H groups in total. The van der Waals surface area contributed by atoms with Crippen LogP contribution in [0.3, 0.4) is 0 Å². The molecule has 0 amide bonds. The van der Waals surface area contributed by atoms with Crippen molar-refractivity contribution in [3.05, 3.63) is 53.6 Å². The van der Waals surface area contributed by atoms with Crippen molar-refractivity contribution in [1.82, 2.24) is 13.9 Å². The number of morpholine rings is 1. The van der Waals surface area contributed by atoms with E-state index >= 15 is 0 Å². The van der Waals surface area contributed by atoms with E-state index in [0.29, 0.717) is 31.8 Å². The van der Waals surface area contributed by atoms with Crippen molar-refractivity contribution in [1.29, 1.82) is 0 Å². The van der Waals surface area contributed by atoms with E-state index < -0.39 is 10.0 Å². The number of rotatable bonds is 7. The zero-order chi connectivity index (χ0) is 22.8. The van der Waals surface area contributed by atoms with Crippen molar-refractivity contribution in [2.75, 3.05) is 32.9 Å².